The van der Waals surface area contributed by atoms with Gasteiger partial charge in [0, 0.05) is 43.2 Å². The fourth-order valence-corrected chi connectivity index (χ4v) is 4.43. The number of hydrogen-bond donors (Lipinski definition) is 1. The highest BCUT2D eigenvalue weighted by Crippen LogP contribution is 2.26. The van der Waals surface area contributed by atoms with Crippen LogP contribution in [0.3, 0.4) is 0 Å². The largest absolute Gasteiger partial charge is 0.460 e. The van der Waals surface area contributed by atoms with Gasteiger partial charge in [-0.2, -0.15) is 11.8 Å². The first-order chi connectivity index (χ1) is 14.3. The van der Waals surface area contributed by atoms with Crippen LogP contribution in [-0.2, 0) is 9.53 Å². The Morgan fingerprint density at radius 2 is 1.93 bits per heavy atom. The molecule has 0 radical (unpaired) electrons. The molecule has 0 atom stereocenters. The van der Waals surface area contributed by atoms with Gasteiger partial charge in [0.1, 0.15) is 5.60 Å². The minimum Gasteiger partial charge on any atom is -0.460 e. The highest BCUT2D eigenvalue weighted by atomic mass is 35.5. The van der Waals surface area contributed by atoms with Crippen molar-refractivity contribution in [2.45, 2.75) is 52.1 Å². The zero-order valence-electron chi connectivity index (χ0n) is 18.0. The van der Waals surface area contributed by atoms with Crippen molar-refractivity contribution in [1.82, 2.24) is 9.97 Å². The third kappa shape index (κ3) is 6.91. The lowest BCUT2D eigenvalue weighted by Gasteiger charge is -2.28. The Morgan fingerprint density at radius 3 is 2.67 bits per heavy atom. The molecule has 1 aromatic carbocycles. The Kier molecular flexibility index (Phi) is 8.06. The van der Waals surface area contributed by atoms with Crippen molar-refractivity contribution in [3.63, 3.8) is 0 Å². The van der Waals surface area contributed by atoms with Crippen molar-refractivity contribution in [2.24, 2.45) is 0 Å². The van der Waals surface area contributed by atoms with E-state index in [2.05, 4.69) is 27.3 Å². The van der Waals surface area contributed by atoms with Crippen molar-refractivity contribution in [3.8, 4) is 0 Å². The Balaban J connectivity index is 1.50. The third-order valence-electron chi connectivity index (χ3n) is 4.75. The standard InChI is InChI=1S/C22H31ClN4O2S/c1-22(2,3)29-19(28)7-5-4-6-10-24-21-20(23)25-17-9-8-16(15-18(17)26-21)27-11-13-30-14-12-27/h8-9,15H,4-7,10-14H2,1-3H3,(H,24,26). The van der Waals surface area contributed by atoms with Crippen molar-refractivity contribution >= 4 is 51.9 Å². The second kappa shape index (κ2) is 10.5. The molecule has 1 aromatic heterocycles. The molecule has 8 heteroatoms. The number of benzene rings is 1. The van der Waals surface area contributed by atoms with Crippen LogP contribution in [0.4, 0.5) is 11.5 Å². The molecule has 1 saturated heterocycles. The number of carbonyl (C=O) groups excluding carboxylic acids is 1. The molecule has 1 fully saturated rings. The lowest BCUT2D eigenvalue weighted by molar-refractivity contribution is -0.154. The first-order valence-corrected chi connectivity index (χ1v) is 12.1. The predicted octanol–water partition coefficient (Wildman–Crippen LogP) is 5.15. The number of aromatic nitrogens is 2. The molecule has 0 bridgehead atoms. The van der Waals surface area contributed by atoms with Gasteiger partial charge in [0.05, 0.1) is 11.0 Å². The van der Waals surface area contributed by atoms with E-state index in [0.29, 0.717) is 17.4 Å². The molecule has 0 unspecified atom stereocenters. The van der Waals surface area contributed by atoms with Crippen molar-refractivity contribution in [1.29, 1.82) is 0 Å². The summed E-state index contributed by atoms with van der Waals surface area (Å²) >= 11 is 8.32. The molecule has 30 heavy (non-hydrogen) atoms. The Hall–Kier alpha value is -1.73. The highest BCUT2D eigenvalue weighted by molar-refractivity contribution is 7.99. The lowest BCUT2D eigenvalue weighted by atomic mass is 10.1. The molecule has 2 aromatic rings. The normalized spacial score (nSPS) is 14.7. The molecule has 1 N–H and O–H groups in total. The van der Waals surface area contributed by atoms with E-state index in [4.69, 9.17) is 21.3 Å². The number of nitrogens with one attached hydrogen (secondary N) is 1. The monoisotopic (exact) mass is 450 g/mol. The maximum Gasteiger partial charge on any atom is 0.306 e. The van der Waals surface area contributed by atoms with E-state index >= 15 is 0 Å². The average Bonchev–Trinajstić information content (AvgIpc) is 2.70. The van der Waals surface area contributed by atoms with Crippen LogP contribution in [-0.4, -0.2) is 52.7 Å². The van der Waals surface area contributed by atoms with Crippen LogP contribution in [0, 0.1) is 0 Å². The lowest BCUT2D eigenvalue weighted by Crippen LogP contribution is -2.32. The van der Waals surface area contributed by atoms with Crippen LogP contribution in [0.1, 0.15) is 46.5 Å². The molecule has 0 spiro atoms. The molecule has 164 valence electrons. The third-order valence-corrected chi connectivity index (χ3v) is 5.96. The summed E-state index contributed by atoms with van der Waals surface area (Å²) in [5.74, 6) is 2.79. The SMILES string of the molecule is CC(C)(C)OC(=O)CCCCCNc1nc2cc(N3CCSCC3)ccc2nc1Cl. The maximum absolute atomic E-state index is 11.7. The van der Waals surface area contributed by atoms with E-state index in [1.54, 1.807) is 0 Å². The number of ether oxygens (including phenoxy) is 1. The van der Waals surface area contributed by atoms with Gasteiger partial charge in [-0.25, -0.2) is 9.97 Å². The Morgan fingerprint density at radius 1 is 1.17 bits per heavy atom. The number of carbonyl (C=O) groups is 1. The molecule has 0 aliphatic carbocycles. The second-order valence-corrected chi connectivity index (χ2v) is 10.0. The number of hydrogen-bond acceptors (Lipinski definition) is 7. The van der Waals surface area contributed by atoms with Gasteiger partial charge in [0.25, 0.3) is 0 Å². The van der Waals surface area contributed by atoms with Crippen LogP contribution in [0.25, 0.3) is 11.0 Å². The fraction of sp³-hybridized carbons (Fsp3) is 0.591. The Bertz CT molecular complexity index is 866. The predicted molar refractivity (Wildman–Crippen MR) is 127 cm³/mol. The first-order valence-electron chi connectivity index (χ1n) is 10.6. The van der Waals surface area contributed by atoms with Crippen LogP contribution in [0.15, 0.2) is 18.2 Å². The molecule has 1 aliphatic heterocycles. The van der Waals surface area contributed by atoms with Gasteiger partial charge in [-0.05, 0) is 51.8 Å². The zero-order chi connectivity index (χ0) is 21.6. The summed E-state index contributed by atoms with van der Waals surface area (Å²) in [5, 5.41) is 3.68. The molecular weight excluding hydrogens is 420 g/mol. The quantitative estimate of drug-likeness (QED) is 0.440. The number of unbranched alkanes of at least 4 members (excludes halogenated alkanes) is 2. The topological polar surface area (TPSA) is 67.3 Å². The van der Waals surface area contributed by atoms with E-state index in [9.17, 15) is 4.79 Å². The summed E-state index contributed by atoms with van der Waals surface area (Å²) in [5.41, 5.74) is 2.42. The molecule has 0 saturated carbocycles. The smallest absolute Gasteiger partial charge is 0.306 e. The van der Waals surface area contributed by atoms with Crippen LogP contribution < -0.4 is 10.2 Å². The zero-order valence-corrected chi connectivity index (χ0v) is 19.6. The van der Waals surface area contributed by atoms with Crippen molar-refractivity contribution in [2.75, 3.05) is 41.4 Å². The minimum atomic E-state index is -0.420. The fourth-order valence-electron chi connectivity index (χ4n) is 3.32. The minimum absolute atomic E-state index is 0.137. The van der Waals surface area contributed by atoms with Gasteiger partial charge >= 0.3 is 5.97 Å². The van der Waals surface area contributed by atoms with Gasteiger partial charge in [0.2, 0.25) is 0 Å². The van der Waals surface area contributed by atoms with E-state index < -0.39 is 5.60 Å². The van der Waals surface area contributed by atoms with Crippen LogP contribution in [0.2, 0.25) is 5.15 Å². The number of esters is 1. The first kappa shape index (κ1) is 22.9. The number of fused-ring (bicyclic) bond motifs is 1. The summed E-state index contributed by atoms with van der Waals surface area (Å²) in [6.45, 7) is 8.52. The number of rotatable bonds is 8. The average molecular weight is 451 g/mol. The van der Waals surface area contributed by atoms with Gasteiger partial charge in [0.15, 0.2) is 11.0 Å². The molecule has 3 rings (SSSR count). The number of thioether (sulfide) groups is 1. The summed E-state index contributed by atoms with van der Waals surface area (Å²) in [6.07, 6.45) is 3.11. The number of nitrogens with zero attached hydrogens (tertiary/aromatic N) is 3. The van der Waals surface area contributed by atoms with Gasteiger partial charge in [-0.1, -0.05) is 18.0 Å². The number of anilines is 2. The van der Waals surface area contributed by atoms with E-state index in [1.165, 1.54) is 5.69 Å². The van der Waals surface area contributed by atoms with Crippen molar-refractivity contribution in [3.05, 3.63) is 23.4 Å². The molecule has 1 aliphatic rings. The van der Waals surface area contributed by atoms with Crippen LogP contribution >= 0.6 is 23.4 Å². The van der Waals surface area contributed by atoms with E-state index in [0.717, 1.165) is 61.4 Å². The van der Waals surface area contributed by atoms with Gasteiger partial charge in [-0.15, -0.1) is 0 Å². The molecule has 2 heterocycles. The van der Waals surface area contributed by atoms with Crippen molar-refractivity contribution < 1.29 is 9.53 Å². The number of halogens is 1. The summed E-state index contributed by atoms with van der Waals surface area (Å²) in [7, 11) is 0. The van der Waals surface area contributed by atoms with E-state index in [1.807, 2.05) is 38.6 Å². The molecule has 6 nitrogen and oxygen atoms in total. The molecule has 0 amide bonds. The second-order valence-electron chi connectivity index (χ2n) is 8.46. The van der Waals surface area contributed by atoms with E-state index in [-0.39, 0.29) is 5.97 Å². The summed E-state index contributed by atoms with van der Waals surface area (Å²) in [4.78, 5) is 23.3. The van der Waals surface area contributed by atoms with Gasteiger partial charge in [-0.3, -0.25) is 4.79 Å². The Labute approximate surface area is 188 Å². The van der Waals surface area contributed by atoms with Crippen LogP contribution in [0.5, 0.6) is 0 Å². The molecular formula is C22H31ClN4O2S. The summed E-state index contributed by atoms with van der Waals surface area (Å²) < 4.78 is 5.33. The summed E-state index contributed by atoms with van der Waals surface area (Å²) in [6, 6.07) is 6.19. The maximum atomic E-state index is 11.7. The van der Waals surface area contributed by atoms with Gasteiger partial charge < -0.3 is 15.0 Å². The highest BCUT2D eigenvalue weighted by Gasteiger charge is 2.16.